The second-order valence-corrected chi connectivity index (χ2v) is 3.16. The van der Waals surface area contributed by atoms with E-state index in [0.29, 0.717) is 0 Å². The summed E-state index contributed by atoms with van der Waals surface area (Å²) in [4.78, 5) is 4.20. The molecule has 11 heavy (non-hydrogen) atoms. The number of hydrogen-bond donors (Lipinski definition) is 1. The van der Waals surface area contributed by atoms with Crippen LogP contribution in [-0.2, 0) is 4.70 Å². The minimum atomic E-state index is 0.00611. The minimum absolute atomic E-state index is 0.00611. The summed E-state index contributed by atoms with van der Waals surface area (Å²) in [6.45, 7) is 4.10. The van der Waals surface area contributed by atoms with Gasteiger partial charge in [0.15, 0.2) is 0 Å². The third kappa shape index (κ3) is 2.54. The van der Waals surface area contributed by atoms with Gasteiger partial charge in [-0.05, 0) is 0 Å². The molecule has 1 rings (SSSR count). The third-order valence-corrected chi connectivity index (χ3v) is 2.13. The van der Waals surface area contributed by atoms with Crippen molar-refractivity contribution in [2.24, 2.45) is 4.99 Å². The molecule has 3 nitrogen and oxygen atoms in total. The first-order valence-electron chi connectivity index (χ1n) is 3.97. The average molecular weight is 152 g/mol. The van der Waals surface area contributed by atoms with Crippen LogP contribution in [-0.4, -0.2) is 31.9 Å². The second kappa shape index (κ2) is 3.76. The summed E-state index contributed by atoms with van der Waals surface area (Å²) in [5.74, 6) is 0. The van der Waals surface area contributed by atoms with Crippen molar-refractivity contribution < 1.29 is 4.70 Å². The van der Waals surface area contributed by atoms with Gasteiger partial charge in [-0.2, -0.15) is 0 Å². The maximum absolute atomic E-state index is 10.0. The van der Waals surface area contributed by atoms with Gasteiger partial charge in [0.1, 0.15) is 0 Å². The number of hydrogen-bond acceptors (Lipinski definition) is 3. The van der Waals surface area contributed by atoms with Gasteiger partial charge in [-0.15, -0.1) is 0 Å². The quantitative estimate of drug-likeness (QED) is 0.453. The van der Waals surface area contributed by atoms with Crippen molar-refractivity contribution in [1.29, 1.82) is 0 Å². The third-order valence-electron chi connectivity index (χ3n) is 2.13. The van der Waals surface area contributed by atoms with Crippen LogP contribution in [0.1, 0.15) is 19.8 Å². The molecule has 0 aromatic heterocycles. The van der Waals surface area contributed by atoms with Gasteiger partial charge in [0, 0.05) is 0 Å². The van der Waals surface area contributed by atoms with Crippen LogP contribution in [0.3, 0.4) is 0 Å². The molecule has 1 saturated heterocycles. The fourth-order valence-electron chi connectivity index (χ4n) is 1.30. The van der Waals surface area contributed by atoms with E-state index in [1.807, 2.05) is 0 Å². The molecule has 1 aliphatic heterocycles. The zero-order valence-corrected chi connectivity index (χ0v) is 6.84. The van der Waals surface area contributed by atoms with Crippen LogP contribution in [0, 0.1) is 0 Å². The van der Waals surface area contributed by atoms with E-state index in [9.17, 15) is 4.70 Å². The van der Waals surface area contributed by atoms with E-state index in [4.69, 9.17) is 0 Å². The summed E-state index contributed by atoms with van der Waals surface area (Å²) >= 11 is 0. The van der Waals surface area contributed by atoms with Crippen LogP contribution in [0.5, 0.6) is 0 Å². The molecule has 0 atom stereocenters. The molecule has 0 amide bonds. The van der Waals surface area contributed by atoms with Crippen molar-refractivity contribution in [2.45, 2.75) is 25.3 Å². The van der Waals surface area contributed by atoms with Gasteiger partial charge in [0.2, 0.25) is 0 Å². The molecule has 0 aromatic rings. The van der Waals surface area contributed by atoms with Gasteiger partial charge in [-0.1, -0.05) is 0 Å². The Bertz CT molecular complexity index is 164. The SMILES string of the molecule is CC1(N=CB=O)CCNCC1. The molecule has 1 N–H and O–H groups in total. The van der Waals surface area contributed by atoms with Gasteiger partial charge in [0.05, 0.1) is 0 Å². The van der Waals surface area contributed by atoms with E-state index < -0.39 is 0 Å². The Labute approximate surface area is 67.5 Å². The van der Waals surface area contributed by atoms with Gasteiger partial charge < -0.3 is 0 Å². The number of nitrogens with zero attached hydrogens (tertiary/aromatic N) is 1. The summed E-state index contributed by atoms with van der Waals surface area (Å²) in [7, 11) is 0.743. The predicted octanol–water partition coefficient (Wildman–Crippen LogP) is 0.206. The molecule has 0 saturated carbocycles. The number of nitrogens with one attached hydrogen (secondary N) is 1. The Morgan fingerprint density at radius 3 is 2.73 bits per heavy atom. The summed E-state index contributed by atoms with van der Waals surface area (Å²) < 4.78 is 10.0. The number of rotatable bonds is 2. The average Bonchev–Trinajstić information content (AvgIpc) is 2.03. The Morgan fingerprint density at radius 1 is 1.55 bits per heavy atom. The normalized spacial score (nSPS) is 23.4. The molecule has 0 aromatic carbocycles. The summed E-state index contributed by atoms with van der Waals surface area (Å²) in [5, 5.41) is 3.25. The van der Waals surface area contributed by atoms with Crippen molar-refractivity contribution in [3.05, 3.63) is 0 Å². The number of aliphatic imine (C=N–C) groups is 1. The first kappa shape index (κ1) is 8.59. The number of piperidine rings is 1. The zero-order valence-electron chi connectivity index (χ0n) is 6.84. The summed E-state index contributed by atoms with van der Waals surface area (Å²) in [5.41, 5.74) is 0.00611. The fourth-order valence-corrected chi connectivity index (χ4v) is 1.30. The van der Waals surface area contributed by atoms with Gasteiger partial charge >= 0.3 is 66.7 Å². The van der Waals surface area contributed by atoms with E-state index in [2.05, 4.69) is 17.2 Å². The first-order valence-corrected chi connectivity index (χ1v) is 3.97. The van der Waals surface area contributed by atoms with Gasteiger partial charge in [0.25, 0.3) is 0 Å². The topological polar surface area (TPSA) is 41.5 Å². The van der Waals surface area contributed by atoms with Crippen LogP contribution in [0.4, 0.5) is 0 Å². The molecule has 0 bridgehead atoms. The molecular weight excluding hydrogens is 139 g/mol. The monoisotopic (exact) mass is 152 g/mol. The van der Waals surface area contributed by atoms with E-state index in [-0.39, 0.29) is 5.54 Å². The van der Waals surface area contributed by atoms with Crippen LogP contribution in [0.2, 0.25) is 0 Å². The standard InChI is InChI=1S/C7H13BN2O/c1-7(10-6-8-11)2-4-9-5-3-7/h6,9H,2-5H2,1H3. The van der Waals surface area contributed by atoms with Crippen LogP contribution < -0.4 is 5.32 Å². The van der Waals surface area contributed by atoms with Gasteiger partial charge in [-0.3, -0.25) is 0 Å². The maximum atomic E-state index is 10.0. The Kier molecular flexibility index (Phi) is 2.94. The Hall–Kier alpha value is -0.505. The first-order chi connectivity index (χ1) is 5.27. The second-order valence-electron chi connectivity index (χ2n) is 3.16. The van der Waals surface area contributed by atoms with Crippen LogP contribution in [0.15, 0.2) is 4.99 Å². The molecular formula is C7H13BN2O. The van der Waals surface area contributed by atoms with Crippen LogP contribution in [0.25, 0.3) is 0 Å². The predicted molar refractivity (Wildman–Crippen MR) is 45.4 cm³/mol. The summed E-state index contributed by atoms with van der Waals surface area (Å²) in [6.07, 6.45) is 3.42. The fraction of sp³-hybridized carbons (Fsp3) is 0.857. The Balaban J connectivity index is 2.49. The van der Waals surface area contributed by atoms with E-state index >= 15 is 0 Å². The van der Waals surface area contributed by atoms with Crippen molar-refractivity contribution in [1.82, 2.24) is 5.32 Å². The molecule has 60 valence electrons. The molecule has 0 spiro atoms. The molecule has 1 fully saturated rings. The molecule has 1 heterocycles. The zero-order chi connectivity index (χ0) is 8.16. The van der Waals surface area contributed by atoms with Crippen molar-refractivity contribution in [3.63, 3.8) is 0 Å². The summed E-state index contributed by atoms with van der Waals surface area (Å²) in [6, 6.07) is 0. The van der Waals surface area contributed by atoms with Crippen LogP contribution >= 0.6 is 0 Å². The molecule has 0 unspecified atom stereocenters. The molecule has 4 heteroatoms. The molecule has 0 aliphatic carbocycles. The van der Waals surface area contributed by atoms with E-state index in [0.717, 1.165) is 33.1 Å². The van der Waals surface area contributed by atoms with Gasteiger partial charge in [-0.25, -0.2) is 0 Å². The molecule has 0 radical (unpaired) electrons. The Morgan fingerprint density at radius 2 is 2.18 bits per heavy atom. The van der Waals surface area contributed by atoms with E-state index in [1.54, 1.807) is 0 Å². The van der Waals surface area contributed by atoms with Crippen molar-refractivity contribution >= 4 is 13.3 Å². The van der Waals surface area contributed by atoms with Crippen molar-refractivity contribution in [3.8, 4) is 0 Å². The van der Waals surface area contributed by atoms with Crippen molar-refractivity contribution in [2.75, 3.05) is 13.1 Å². The molecule has 1 aliphatic rings. The van der Waals surface area contributed by atoms with E-state index in [1.165, 1.54) is 6.11 Å².